The van der Waals surface area contributed by atoms with Crippen LogP contribution in [0.1, 0.15) is 66.8 Å². The summed E-state index contributed by atoms with van der Waals surface area (Å²) in [4.78, 5) is 28.1. The molecule has 140 valence electrons. The lowest BCUT2D eigenvalue weighted by Crippen LogP contribution is -2.25. The predicted molar refractivity (Wildman–Crippen MR) is 103 cm³/mol. The summed E-state index contributed by atoms with van der Waals surface area (Å²) < 4.78 is 5.23. The van der Waals surface area contributed by atoms with Crippen LogP contribution in [0.15, 0.2) is 0 Å². The molecule has 0 saturated heterocycles. The largest absolute Gasteiger partial charge is 0.462 e. The van der Waals surface area contributed by atoms with Crippen molar-refractivity contribution >= 4 is 28.2 Å². The van der Waals surface area contributed by atoms with E-state index in [1.54, 1.807) is 18.3 Å². The highest BCUT2D eigenvalue weighted by molar-refractivity contribution is 7.17. The number of thiophene rings is 1. The number of carbonyl (C=O) groups excluding carboxylic acids is 2. The molecule has 0 spiro atoms. The summed E-state index contributed by atoms with van der Waals surface area (Å²) in [5.41, 5.74) is 1.68. The molecule has 2 rings (SSSR count). The van der Waals surface area contributed by atoms with Crippen molar-refractivity contribution < 1.29 is 14.3 Å². The number of hydrogen-bond acceptors (Lipinski definition) is 5. The van der Waals surface area contributed by atoms with E-state index >= 15 is 0 Å². The molecule has 0 saturated carbocycles. The number of rotatable bonds is 9. The average molecular weight is 367 g/mol. The van der Waals surface area contributed by atoms with Gasteiger partial charge in [0.1, 0.15) is 5.00 Å². The van der Waals surface area contributed by atoms with Gasteiger partial charge in [0.05, 0.1) is 12.2 Å². The van der Waals surface area contributed by atoms with Crippen LogP contribution in [0.25, 0.3) is 0 Å². The highest BCUT2D eigenvalue weighted by atomic mass is 32.1. The summed E-state index contributed by atoms with van der Waals surface area (Å²) in [5.74, 6) is -0.343. The van der Waals surface area contributed by atoms with Gasteiger partial charge in [0.25, 0.3) is 0 Å². The quantitative estimate of drug-likeness (QED) is 0.674. The molecule has 1 aliphatic carbocycles. The monoisotopic (exact) mass is 366 g/mol. The minimum atomic E-state index is -0.308. The Kier molecular flexibility index (Phi) is 7.90. The standard InChI is InChI=1S/C19H30N2O3S/c1-4-6-12-21(3)13-11-16(22)20-18-17(19(23)24-5-2)14-9-7-8-10-15(14)25-18/h4-13H2,1-3H3,(H,20,22). The van der Waals surface area contributed by atoms with Crippen LogP contribution in [0.3, 0.4) is 0 Å². The molecular formula is C19H30N2O3S. The molecule has 5 nitrogen and oxygen atoms in total. The zero-order valence-corrected chi connectivity index (χ0v) is 16.5. The van der Waals surface area contributed by atoms with E-state index in [1.807, 2.05) is 7.05 Å². The smallest absolute Gasteiger partial charge is 0.341 e. The van der Waals surface area contributed by atoms with E-state index in [-0.39, 0.29) is 11.9 Å². The van der Waals surface area contributed by atoms with Gasteiger partial charge in [-0.2, -0.15) is 0 Å². The van der Waals surface area contributed by atoms with Crippen molar-refractivity contribution in [2.45, 2.75) is 58.8 Å². The van der Waals surface area contributed by atoms with Crippen LogP contribution >= 0.6 is 11.3 Å². The van der Waals surface area contributed by atoms with Gasteiger partial charge >= 0.3 is 5.97 Å². The van der Waals surface area contributed by atoms with Gasteiger partial charge in [-0.05, 0) is 58.2 Å². The zero-order valence-electron chi connectivity index (χ0n) is 15.7. The second-order valence-electron chi connectivity index (χ2n) is 6.59. The molecule has 1 N–H and O–H groups in total. The summed E-state index contributed by atoms with van der Waals surface area (Å²) >= 11 is 1.55. The van der Waals surface area contributed by atoms with E-state index in [1.165, 1.54) is 4.88 Å². The Balaban J connectivity index is 2.04. The van der Waals surface area contributed by atoms with Gasteiger partial charge in [-0.25, -0.2) is 4.79 Å². The van der Waals surface area contributed by atoms with Crippen molar-refractivity contribution in [2.75, 3.05) is 32.1 Å². The summed E-state index contributed by atoms with van der Waals surface area (Å²) in [5, 5.41) is 3.64. The third-order valence-electron chi connectivity index (χ3n) is 4.52. The third-order valence-corrected chi connectivity index (χ3v) is 5.73. The van der Waals surface area contributed by atoms with E-state index in [9.17, 15) is 9.59 Å². The topological polar surface area (TPSA) is 58.6 Å². The van der Waals surface area contributed by atoms with Crippen molar-refractivity contribution in [1.29, 1.82) is 0 Å². The Hall–Kier alpha value is -1.40. The first kappa shape index (κ1) is 19.9. The number of anilines is 1. The Morgan fingerprint density at radius 3 is 2.68 bits per heavy atom. The fourth-order valence-electron chi connectivity index (χ4n) is 3.09. The lowest BCUT2D eigenvalue weighted by atomic mass is 9.95. The number of hydrogen-bond donors (Lipinski definition) is 1. The minimum Gasteiger partial charge on any atom is -0.462 e. The Bertz CT molecular complexity index is 598. The van der Waals surface area contributed by atoms with Crippen molar-refractivity contribution in [1.82, 2.24) is 4.90 Å². The molecule has 0 atom stereocenters. The molecule has 0 fully saturated rings. The number of nitrogens with zero attached hydrogens (tertiary/aromatic N) is 1. The van der Waals surface area contributed by atoms with Crippen LogP contribution in [0.4, 0.5) is 5.00 Å². The SMILES string of the molecule is CCCCN(C)CCC(=O)Nc1sc2c(c1C(=O)OCC)CCCC2. The maximum Gasteiger partial charge on any atom is 0.341 e. The molecule has 1 aliphatic rings. The number of ether oxygens (including phenoxy) is 1. The first-order chi connectivity index (χ1) is 12.1. The van der Waals surface area contributed by atoms with E-state index in [0.717, 1.165) is 57.2 Å². The van der Waals surface area contributed by atoms with E-state index in [2.05, 4.69) is 17.1 Å². The number of unbranched alkanes of at least 4 members (excludes halogenated alkanes) is 1. The maximum atomic E-state index is 12.4. The lowest BCUT2D eigenvalue weighted by Gasteiger charge is -2.15. The van der Waals surface area contributed by atoms with Gasteiger partial charge in [-0.3, -0.25) is 4.79 Å². The van der Waals surface area contributed by atoms with Crippen LogP contribution in [-0.2, 0) is 22.4 Å². The van der Waals surface area contributed by atoms with Crippen LogP contribution in [0.5, 0.6) is 0 Å². The molecule has 1 heterocycles. The lowest BCUT2D eigenvalue weighted by molar-refractivity contribution is -0.116. The summed E-state index contributed by atoms with van der Waals surface area (Å²) in [6.45, 7) is 6.05. The molecule has 1 aromatic rings. The van der Waals surface area contributed by atoms with Crippen LogP contribution < -0.4 is 5.32 Å². The third kappa shape index (κ3) is 5.54. The van der Waals surface area contributed by atoms with E-state index < -0.39 is 0 Å². The van der Waals surface area contributed by atoms with Gasteiger partial charge in [0.15, 0.2) is 0 Å². The summed E-state index contributed by atoms with van der Waals surface area (Å²) in [7, 11) is 2.04. The van der Waals surface area contributed by atoms with Gasteiger partial charge in [-0.1, -0.05) is 13.3 Å². The van der Waals surface area contributed by atoms with Crippen LogP contribution in [-0.4, -0.2) is 43.5 Å². The van der Waals surface area contributed by atoms with Crippen molar-refractivity contribution in [3.8, 4) is 0 Å². The van der Waals surface area contributed by atoms with Crippen molar-refractivity contribution in [2.24, 2.45) is 0 Å². The number of esters is 1. The predicted octanol–water partition coefficient (Wildman–Crippen LogP) is 3.86. The van der Waals surface area contributed by atoms with Gasteiger partial charge in [-0.15, -0.1) is 11.3 Å². The first-order valence-corrected chi connectivity index (χ1v) is 10.2. The number of fused-ring (bicyclic) bond motifs is 1. The van der Waals surface area contributed by atoms with Gasteiger partial charge in [0.2, 0.25) is 5.91 Å². The number of amides is 1. The molecule has 1 amide bonds. The fraction of sp³-hybridized carbons (Fsp3) is 0.684. The molecule has 0 bridgehead atoms. The molecule has 1 aromatic heterocycles. The Morgan fingerprint density at radius 1 is 1.20 bits per heavy atom. The molecule has 0 aliphatic heterocycles. The summed E-state index contributed by atoms with van der Waals surface area (Å²) in [6.07, 6.45) is 6.85. The second kappa shape index (κ2) is 9.92. The number of nitrogens with one attached hydrogen (secondary N) is 1. The minimum absolute atomic E-state index is 0.0347. The average Bonchev–Trinajstić information content (AvgIpc) is 2.96. The van der Waals surface area contributed by atoms with Crippen molar-refractivity contribution in [3.63, 3.8) is 0 Å². The zero-order chi connectivity index (χ0) is 18.2. The molecule has 0 aromatic carbocycles. The van der Waals surface area contributed by atoms with Crippen LogP contribution in [0, 0.1) is 0 Å². The maximum absolute atomic E-state index is 12.4. The molecule has 0 unspecified atom stereocenters. The van der Waals surface area contributed by atoms with E-state index in [4.69, 9.17) is 4.74 Å². The van der Waals surface area contributed by atoms with Gasteiger partial charge < -0.3 is 15.0 Å². The second-order valence-corrected chi connectivity index (χ2v) is 7.70. The van der Waals surface area contributed by atoms with Gasteiger partial charge in [0, 0.05) is 17.8 Å². The Labute approximate surface area is 154 Å². The Morgan fingerprint density at radius 2 is 1.96 bits per heavy atom. The van der Waals surface area contributed by atoms with Crippen molar-refractivity contribution in [3.05, 3.63) is 16.0 Å². The van der Waals surface area contributed by atoms with Crippen LogP contribution in [0.2, 0.25) is 0 Å². The summed E-state index contributed by atoms with van der Waals surface area (Å²) in [6, 6.07) is 0. The molecule has 0 radical (unpaired) electrons. The number of aryl methyl sites for hydroxylation is 1. The molecule has 6 heteroatoms. The highest BCUT2D eigenvalue weighted by Gasteiger charge is 2.27. The normalized spacial score (nSPS) is 13.6. The highest BCUT2D eigenvalue weighted by Crippen LogP contribution is 2.38. The number of carbonyl (C=O) groups is 2. The fourth-order valence-corrected chi connectivity index (χ4v) is 4.39. The van der Waals surface area contributed by atoms with E-state index in [0.29, 0.717) is 23.6 Å². The first-order valence-electron chi connectivity index (χ1n) is 9.36. The molecular weight excluding hydrogens is 336 g/mol. The molecule has 25 heavy (non-hydrogen) atoms.